The minimum Gasteiger partial charge on any atom is -0.455 e. The number of nitrogens with zero attached hydrogens (tertiary/aromatic N) is 2. The van der Waals surface area contributed by atoms with E-state index in [1.165, 1.54) is 0 Å². The third-order valence-corrected chi connectivity index (χ3v) is 5.24. The largest absolute Gasteiger partial charge is 0.455 e. The number of benzene rings is 2. The molecule has 1 heterocycles. The minimum atomic E-state index is -0.658. The van der Waals surface area contributed by atoms with Crippen LogP contribution in [0.4, 0.5) is 16.2 Å². The van der Waals surface area contributed by atoms with E-state index in [4.69, 9.17) is 19.9 Å². The molecule has 8 heteroatoms. The van der Waals surface area contributed by atoms with Crippen molar-refractivity contribution in [2.75, 3.05) is 35.5 Å². The highest BCUT2D eigenvalue weighted by Gasteiger charge is 2.16. The van der Waals surface area contributed by atoms with Crippen molar-refractivity contribution in [2.24, 2.45) is 5.73 Å². The van der Waals surface area contributed by atoms with Gasteiger partial charge in [0.2, 0.25) is 6.29 Å². The van der Waals surface area contributed by atoms with Gasteiger partial charge >= 0.3 is 6.03 Å². The van der Waals surface area contributed by atoms with Gasteiger partial charge in [-0.2, -0.15) is 0 Å². The molecule has 0 radical (unpaired) electrons. The molecule has 2 aromatic rings. The number of amides is 2. The first-order chi connectivity index (χ1) is 14.6. The second-order valence-corrected chi connectivity index (χ2v) is 7.45. The summed E-state index contributed by atoms with van der Waals surface area (Å²) in [6.07, 6.45) is 2.30. The van der Waals surface area contributed by atoms with Crippen LogP contribution in [0.5, 0.6) is 11.5 Å². The van der Waals surface area contributed by atoms with Gasteiger partial charge in [0, 0.05) is 31.3 Å². The Hall–Kier alpha value is -2.58. The molecular formula is C22H29N3O4S. The molecule has 1 aliphatic heterocycles. The second-order valence-electron chi connectivity index (χ2n) is 7.05. The van der Waals surface area contributed by atoms with Crippen molar-refractivity contribution in [2.45, 2.75) is 32.5 Å². The third kappa shape index (κ3) is 6.21. The quantitative estimate of drug-likeness (QED) is 0.459. The van der Waals surface area contributed by atoms with E-state index in [0.29, 0.717) is 11.4 Å². The summed E-state index contributed by atoms with van der Waals surface area (Å²) in [6, 6.07) is 14.4. The number of carbonyl (C=O) groups excluding carboxylic acids is 1. The van der Waals surface area contributed by atoms with E-state index in [2.05, 4.69) is 36.8 Å². The van der Waals surface area contributed by atoms with Crippen LogP contribution in [0.3, 0.4) is 0 Å². The monoisotopic (exact) mass is 431 g/mol. The number of primary amides is 1. The first kappa shape index (κ1) is 22.1. The molecule has 1 unspecified atom stereocenters. The highest BCUT2D eigenvalue weighted by molar-refractivity contribution is 7.82. The fourth-order valence-corrected chi connectivity index (χ4v) is 3.31. The fourth-order valence-electron chi connectivity index (χ4n) is 3.19. The molecule has 0 bridgehead atoms. The molecule has 0 saturated carbocycles. The Morgan fingerprint density at radius 2 is 1.87 bits per heavy atom. The number of urea groups is 1. The van der Waals surface area contributed by atoms with E-state index in [0.717, 1.165) is 61.3 Å². The molecule has 1 aliphatic rings. The SMILES string of the molecule is CCCCC(Oc1ccc(N2CCOCC2)cc1)Oc1cccc(N(S)C(N)=O)c1. The van der Waals surface area contributed by atoms with Gasteiger partial charge in [-0.15, -0.1) is 0 Å². The third-order valence-electron chi connectivity index (χ3n) is 4.81. The predicted molar refractivity (Wildman–Crippen MR) is 122 cm³/mol. The van der Waals surface area contributed by atoms with Crippen LogP contribution in [0.1, 0.15) is 26.2 Å². The summed E-state index contributed by atoms with van der Waals surface area (Å²) < 4.78 is 18.7. The van der Waals surface area contributed by atoms with E-state index in [1.54, 1.807) is 18.2 Å². The van der Waals surface area contributed by atoms with Crippen LogP contribution in [-0.4, -0.2) is 38.6 Å². The number of hydrogen-bond donors (Lipinski definition) is 2. The van der Waals surface area contributed by atoms with E-state index < -0.39 is 12.3 Å². The summed E-state index contributed by atoms with van der Waals surface area (Å²) >= 11 is 4.10. The molecule has 2 N–H and O–H groups in total. The Bertz CT molecular complexity index is 812. The van der Waals surface area contributed by atoms with Gasteiger partial charge in [0.05, 0.1) is 18.9 Å². The average molecular weight is 432 g/mol. The molecule has 1 atom stereocenters. The summed E-state index contributed by atoms with van der Waals surface area (Å²) in [5.41, 5.74) is 6.98. The molecule has 0 aromatic heterocycles. The van der Waals surface area contributed by atoms with Crippen LogP contribution < -0.4 is 24.4 Å². The van der Waals surface area contributed by atoms with Crippen molar-refractivity contribution < 1.29 is 19.0 Å². The molecule has 7 nitrogen and oxygen atoms in total. The molecule has 3 rings (SSSR count). The van der Waals surface area contributed by atoms with Gasteiger partial charge in [0.25, 0.3) is 0 Å². The molecule has 2 amide bonds. The van der Waals surface area contributed by atoms with E-state index in [9.17, 15) is 4.79 Å². The maximum absolute atomic E-state index is 11.4. The number of morpholine rings is 1. The number of hydrogen-bond acceptors (Lipinski definition) is 6. The first-order valence-corrected chi connectivity index (χ1v) is 10.6. The summed E-state index contributed by atoms with van der Waals surface area (Å²) in [5.74, 6) is 1.33. The molecule has 1 saturated heterocycles. The molecule has 30 heavy (non-hydrogen) atoms. The number of nitrogens with two attached hydrogens (primary N) is 1. The number of anilines is 2. The highest BCUT2D eigenvalue weighted by Crippen LogP contribution is 2.26. The zero-order valence-electron chi connectivity index (χ0n) is 17.2. The Kier molecular flexibility index (Phi) is 8.10. The first-order valence-electron chi connectivity index (χ1n) is 10.2. The standard InChI is InChI=1S/C22H29N3O4S/c1-2-3-7-21(29-20-6-4-5-18(16-20)25(30)22(23)26)28-19-10-8-17(9-11-19)24-12-14-27-15-13-24/h4-6,8-11,16,21,30H,2-3,7,12-15H2,1H3,(H2,23,26). The topological polar surface area (TPSA) is 77.3 Å². The van der Waals surface area contributed by atoms with Crippen molar-refractivity contribution >= 4 is 30.2 Å². The van der Waals surface area contributed by atoms with Crippen LogP contribution in [0.25, 0.3) is 0 Å². The molecule has 0 spiro atoms. The minimum absolute atomic E-state index is 0.448. The van der Waals surface area contributed by atoms with Crippen LogP contribution in [-0.2, 0) is 4.74 Å². The summed E-state index contributed by atoms with van der Waals surface area (Å²) in [5, 5.41) is 0. The average Bonchev–Trinajstić information content (AvgIpc) is 2.78. The Labute approximate surface area is 183 Å². The van der Waals surface area contributed by atoms with Crippen molar-refractivity contribution in [1.82, 2.24) is 0 Å². The van der Waals surface area contributed by atoms with E-state index in [-0.39, 0.29) is 0 Å². The lowest BCUT2D eigenvalue weighted by Crippen LogP contribution is -2.36. The van der Waals surface area contributed by atoms with Gasteiger partial charge in [-0.1, -0.05) is 32.2 Å². The van der Waals surface area contributed by atoms with Crippen LogP contribution >= 0.6 is 12.8 Å². The van der Waals surface area contributed by atoms with Crippen LogP contribution in [0.15, 0.2) is 48.5 Å². The molecular weight excluding hydrogens is 402 g/mol. The molecule has 2 aromatic carbocycles. The number of thiol groups is 1. The zero-order chi connectivity index (χ0) is 21.3. The van der Waals surface area contributed by atoms with E-state index >= 15 is 0 Å². The lowest BCUT2D eigenvalue weighted by molar-refractivity contribution is -0.00206. The van der Waals surface area contributed by atoms with Gasteiger partial charge in [-0.05, 0) is 42.8 Å². The number of carbonyl (C=O) groups is 1. The normalized spacial score (nSPS) is 14.8. The maximum Gasteiger partial charge on any atom is 0.329 e. The van der Waals surface area contributed by atoms with Crippen LogP contribution in [0.2, 0.25) is 0 Å². The second kappa shape index (κ2) is 11.0. The van der Waals surface area contributed by atoms with Crippen molar-refractivity contribution in [3.05, 3.63) is 48.5 Å². The fraction of sp³-hybridized carbons (Fsp3) is 0.409. The smallest absolute Gasteiger partial charge is 0.329 e. The summed E-state index contributed by atoms with van der Waals surface area (Å²) in [6.45, 7) is 5.42. The summed E-state index contributed by atoms with van der Waals surface area (Å²) in [7, 11) is 0. The van der Waals surface area contributed by atoms with Crippen LogP contribution in [0, 0.1) is 0 Å². The number of rotatable bonds is 9. The van der Waals surface area contributed by atoms with Gasteiger partial charge in [-0.25, -0.2) is 9.10 Å². The van der Waals surface area contributed by atoms with Gasteiger partial charge in [0.1, 0.15) is 11.5 Å². The highest BCUT2D eigenvalue weighted by atomic mass is 32.1. The van der Waals surface area contributed by atoms with Gasteiger partial charge < -0.3 is 24.8 Å². The van der Waals surface area contributed by atoms with Crippen molar-refractivity contribution in [1.29, 1.82) is 0 Å². The Morgan fingerprint density at radius 3 is 2.53 bits per heavy atom. The molecule has 1 fully saturated rings. The van der Waals surface area contributed by atoms with E-state index in [1.807, 2.05) is 18.2 Å². The number of ether oxygens (including phenoxy) is 3. The predicted octanol–water partition coefficient (Wildman–Crippen LogP) is 4.23. The lowest BCUT2D eigenvalue weighted by Gasteiger charge is -2.29. The van der Waals surface area contributed by atoms with Crippen molar-refractivity contribution in [3.63, 3.8) is 0 Å². The maximum atomic E-state index is 11.4. The molecule has 162 valence electrons. The number of unbranched alkanes of at least 4 members (excludes halogenated alkanes) is 1. The summed E-state index contributed by atoms with van der Waals surface area (Å²) in [4.78, 5) is 13.7. The van der Waals surface area contributed by atoms with Gasteiger partial charge in [-0.3, -0.25) is 0 Å². The lowest BCUT2D eigenvalue weighted by atomic mass is 10.2. The Balaban J connectivity index is 1.67. The van der Waals surface area contributed by atoms with Crippen molar-refractivity contribution in [3.8, 4) is 11.5 Å². The zero-order valence-corrected chi connectivity index (χ0v) is 18.1. The molecule has 0 aliphatic carbocycles. The Morgan fingerprint density at radius 1 is 1.17 bits per heavy atom. The van der Waals surface area contributed by atoms with Gasteiger partial charge in [0.15, 0.2) is 0 Å².